The Balaban J connectivity index is 0.00000225. The molecular formula is C20H17BrClNO2. The van der Waals surface area contributed by atoms with Gasteiger partial charge in [0.25, 0.3) is 0 Å². The first-order valence-corrected chi connectivity index (χ1v) is 8.49. The van der Waals surface area contributed by atoms with Crippen LogP contribution in [0.5, 0.6) is 5.75 Å². The van der Waals surface area contributed by atoms with Gasteiger partial charge < -0.3 is 17.1 Å². The molecule has 0 unspecified atom stereocenters. The summed E-state index contributed by atoms with van der Waals surface area (Å²) in [6.45, 7) is 1.29. The van der Waals surface area contributed by atoms with Crippen LogP contribution in [-0.4, -0.2) is 12.4 Å². The highest BCUT2D eigenvalue weighted by molar-refractivity contribution is 9.10. The summed E-state index contributed by atoms with van der Waals surface area (Å²) in [6, 6.07) is 20.7. The van der Waals surface area contributed by atoms with Crippen LogP contribution in [0.2, 0.25) is 0 Å². The fourth-order valence-electron chi connectivity index (χ4n) is 2.31. The molecule has 0 saturated heterocycles. The van der Waals surface area contributed by atoms with E-state index >= 15 is 0 Å². The molecular weight excluding hydrogens is 402 g/mol. The second-order valence-electron chi connectivity index (χ2n) is 5.32. The van der Waals surface area contributed by atoms with Crippen LogP contribution >= 0.6 is 15.9 Å². The molecule has 0 aliphatic heterocycles. The normalized spacial score (nSPS) is 9.96. The largest absolute Gasteiger partial charge is 1.00 e. The van der Waals surface area contributed by atoms with Gasteiger partial charge in [0.05, 0.1) is 0 Å². The summed E-state index contributed by atoms with van der Waals surface area (Å²) >= 11 is 3.40. The maximum absolute atomic E-state index is 12.3. The van der Waals surface area contributed by atoms with Gasteiger partial charge in [0.1, 0.15) is 12.4 Å². The lowest BCUT2D eigenvalue weighted by Gasteiger charge is -2.04. The summed E-state index contributed by atoms with van der Waals surface area (Å²) in [5.41, 5.74) is 1.39. The molecule has 1 heterocycles. The van der Waals surface area contributed by atoms with Crippen molar-refractivity contribution >= 4 is 21.7 Å². The third-order valence-corrected chi connectivity index (χ3v) is 4.15. The van der Waals surface area contributed by atoms with Gasteiger partial charge >= 0.3 is 0 Å². The Morgan fingerprint density at radius 2 is 1.48 bits per heavy atom. The van der Waals surface area contributed by atoms with E-state index in [0.717, 1.165) is 16.8 Å². The van der Waals surface area contributed by atoms with Gasteiger partial charge in [-0.05, 0) is 24.3 Å². The minimum absolute atomic E-state index is 0. The van der Waals surface area contributed by atoms with Gasteiger partial charge in [-0.1, -0.05) is 46.3 Å². The Morgan fingerprint density at radius 3 is 2.12 bits per heavy atom. The van der Waals surface area contributed by atoms with Gasteiger partial charge in [0.15, 0.2) is 24.7 Å². The van der Waals surface area contributed by atoms with Gasteiger partial charge in [0, 0.05) is 27.7 Å². The molecule has 0 saturated carbocycles. The van der Waals surface area contributed by atoms with Gasteiger partial charge in [-0.15, -0.1) is 0 Å². The molecule has 5 heteroatoms. The monoisotopic (exact) mass is 417 g/mol. The molecule has 0 aliphatic carbocycles. The van der Waals surface area contributed by atoms with E-state index in [1.807, 2.05) is 83.7 Å². The molecule has 3 nitrogen and oxygen atoms in total. The molecule has 3 rings (SSSR count). The number of hydrogen-bond acceptors (Lipinski definition) is 2. The minimum atomic E-state index is 0. The van der Waals surface area contributed by atoms with Crippen molar-refractivity contribution < 1.29 is 26.5 Å². The fourth-order valence-corrected chi connectivity index (χ4v) is 2.58. The molecule has 0 atom stereocenters. The number of carbonyl (C=O) groups excluding carboxylic acids is 1. The number of halogens is 2. The van der Waals surface area contributed by atoms with Crippen LogP contribution in [-0.2, 0) is 6.54 Å². The highest BCUT2D eigenvalue weighted by Crippen LogP contribution is 2.15. The molecule has 0 radical (unpaired) electrons. The van der Waals surface area contributed by atoms with Crippen LogP contribution < -0.4 is 21.7 Å². The standard InChI is InChI=1S/C20H17BrNO2.ClH/c21-18-6-8-19(9-7-18)24-15-14-22-12-10-17(11-13-22)20(23)16-4-2-1-3-5-16;/h1-13H,14-15H2;1H/q+1;/p-1. The predicted octanol–water partition coefficient (Wildman–Crippen LogP) is 1.05. The number of hydrogen-bond donors (Lipinski definition) is 0. The SMILES string of the molecule is O=C(c1ccccc1)c1cc[n+](CCOc2ccc(Br)cc2)cc1.[Cl-]. The predicted molar refractivity (Wildman–Crippen MR) is 96.1 cm³/mol. The lowest BCUT2D eigenvalue weighted by atomic mass is 10.0. The maximum atomic E-state index is 12.3. The number of nitrogens with zero attached hydrogens (tertiary/aromatic N) is 1. The zero-order valence-corrected chi connectivity index (χ0v) is 15.8. The molecule has 0 bridgehead atoms. The zero-order valence-electron chi connectivity index (χ0n) is 13.4. The van der Waals surface area contributed by atoms with Crippen LogP contribution in [0, 0.1) is 0 Å². The molecule has 0 fully saturated rings. The number of ether oxygens (including phenoxy) is 1. The van der Waals surface area contributed by atoms with Gasteiger partial charge in [-0.3, -0.25) is 4.79 Å². The lowest BCUT2D eigenvalue weighted by molar-refractivity contribution is -0.697. The topological polar surface area (TPSA) is 30.2 Å². The number of pyridine rings is 1. The molecule has 25 heavy (non-hydrogen) atoms. The Hall–Kier alpha value is -2.17. The molecule has 2 aromatic carbocycles. The van der Waals surface area contributed by atoms with Crippen molar-refractivity contribution in [2.24, 2.45) is 0 Å². The summed E-state index contributed by atoms with van der Waals surface area (Å²) < 4.78 is 8.73. The minimum Gasteiger partial charge on any atom is -1.00 e. The fraction of sp³-hybridized carbons (Fsp3) is 0.100. The summed E-state index contributed by atoms with van der Waals surface area (Å²) in [7, 11) is 0. The van der Waals surface area contributed by atoms with Gasteiger partial charge in [-0.2, -0.15) is 0 Å². The van der Waals surface area contributed by atoms with E-state index in [1.54, 1.807) is 0 Å². The van der Waals surface area contributed by atoms with E-state index < -0.39 is 0 Å². The quantitative estimate of drug-likeness (QED) is 0.442. The molecule has 0 amide bonds. The number of aromatic nitrogens is 1. The first-order valence-electron chi connectivity index (χ1n) is 7.69. The molecule has 128 valence electrons. The van der Waals surface area contributed by atoms with E-state index in [-0.39, 0.29) is 18.2 Å². The Kier molecular flexibility index (Phi) is 7.16. The van der Waals surface area contributed by atoms with Crippen LogP contribution in [0.3, 0.4) is 0 Å². The van der Waals surface area contributed by atoms with Crippen molar-refractivity contribution in [2.45, 2.75) is 6.54 Å². The smallest absolute Gasteiger partial charge is 0.193 e. The van der Waals surface area contributed by atoms with Crippen LogP contribution in [0.4, 0.5) is 0 Å². The number of ketones is 1. The van der Waals surface area contributed by atoms with E-state index in [9.17, 15) is 4.79 Å². The number of benzene rings is 2. The maximum Gasteiger partial charge on any atom is 0.193 e. The van der Waals surface area contributed by atoms with Crippen molar-refractivity contribution in [1.29, 1.82) is 0 Å². The van der Waals surface area contributed by atoms with Crippen molar-refractivity contribution in [3.8, 4) is 5.75 Å². The summed E-state index contributed by atoms with van der Waals surface area (Å²) in [6.07, 6.45) is 3.81. The highest BCUT2D eigenvalue weighted by atomic mass is 79.9. The summed E-state index contributed by atoms with van der Waals surface area (Å²) in [5, 5.41) is 0. The average molecular weight is 419 g/mol. The first kappa shape index (κ1) is 19.2. The van der Waals surface area contributed by atoms with Gasteiger partial charge in [0.2, 0.25) is 0 Å². The second kappa shape index (κ2) is 9.35. The lowest BCUT2D eigenvalue weighted by Crippen LogP contribution is -3.00. The molecule has 3 aromatic rings. The summed E-state index contributed by atoms with van der Waals surface area (Å²) in [4.78, 5) is 12.3. The number of carbonyl (C=O) groups is 1. The Labute approximate surface area is 161 Å². The third kappa shape index (κ3) is 5.41. The van der Waals surface area contributed by atoms with Crippen LogP contribution in [0.25, 0.3) is 0 Å². The average Bonchev–Trinajstić information content (AvgIpc) is 2.64. The van der Waals surface area contributed by atoms with E-state index in [4.69, 9.17) is 4.74 Å². The first-order chi connectivity index (χ1) is 11.7. The van der Waals surface area contributed by atoms with Crippen molar-refractivity contribution in [3.63, 3.8) is 0 Å². The van der Waals surface area contributed by atoms with Crippen molar-refractivity contribution in [2.75, 3.05) is 6.61 Å². The molecule has 0 N–H and O–H groups in total. The third-order valence-electron chi connectivity index (χ3n) is 3.62. The number of rotatable bonds is 6. The van der Waals surface area contributed by atoms with Gasteiger partial charge in [-0.25, -0.2) is 4.57 Å². The second-order valence-corrected chi connectivity index (χ2v) is 6.24. The van der Waals surface area contributed by atoms with Crippen molar-refractivity contribution in [1.82, 2.24) is 0 Å². The molecule has 1 aromatic heterocycles. The van der Waals surface area contributed by atoms with Crippen LogP contribution in [0.1, 0.15) is 15.9 Å². The summed E-state index contributed by atoms with van der Waals surface area (Å²) in [5.74, 6) is 0.878. The Morgan fingerprint density at radius 1 is 0.880 bits per heavy atom. The van der Waals surface area contributed by atoms with E-state index in [1.165, 1.54) is 0 Å². The molecule has 0 spiro atoms. The van der Waals surface area contributed by atoms with E-state index in [2.05, 4.69) is 15.9 Å². The highest BCUT2D eigenvalue weighted by Gasteiger charge is 2.10. The van der Waals surface area contributed by atoms with Crippen LogP contribution in [0.15, 0.2) is 83.6 Å². The van der Waals surface area contributed by atoms with Crippen molar-refractivity contribution in [3.05, 3.63) is 94.7 Å². The zero-order chi connectivity index (χ0) is 16.8. The molecule has 0 aliphatic rings. The van der Waals surface area contributed by atoms with E-state index in [0.29, 0.717) is 17.7 Å². The Bertz CT molecular complexity index is 805.